The molecule has 1 aromatic rings. The van der Waals surface area contributed by atoms with Gasteiger partial charge in [-0.25, -0.2) is 4.98 Å². The van der Waals surface area contributed by atoms with Gasteiger partial charge in [-0.1, -0.05) is 13.8 Å². The Morgan fingerprint density at radius 3 is 2.59 bits per heavy atom. The third kappa shape index (κ3) is 4.14. The lowest BCUT2D eigenvalue weighted by Gasteiger charge is -2.28. The summed E-state index contributed by atoms with van der Waals surface area (Å²) >= 11 is 9.39. The predicted octanol–water partition coefficient (Wildman–Crippen LogP) is 4.45. The van der Waals surface area contributed by atoms with Gasteiger partial charge in [0.2, 0.25) is 0 Å². The number of aromatic nitrogens is 1. The van der Waals surface area contributed by atoms with Crippen molar-refractivity contribution < 1.29 is 0 Å². The maximum absolute atomic E-state index is 5.97. The highest BCUT2D eigenvalue weighted by Gasteiger charge is 2.16. The number of anilines is 1. The van der Waals surface area contributed by atoms with Gasteiger partial charge in [0, 0.05) is 29.3 Å². The summed E-state index contributed by atoms with van der Waals surface area (Å²) in [5.74, 6) is 2.15. The monoisotopic (exact) mass is 318 g/mol. The van der Waals surface area contributed by atoms with E-state index in [0.29, 0.717) is 17.8 Å². The van der Waals surface area contributed by atoms with E-state index < -0.39 is 0 Å². The van der Waals surface area contributed by atoms with E-state index in [9.17, 15) is 0 Å². The Labute approximate surface area is 118 Å². The van der Waals surface area contributed by atoms with E-state index in [-0.39, 0.29) is 0 Å². The van der Waals surface area contributed by atoms with E-state index in [1.807, 2.05) is 12.3 Å². The number of halogens is 2. The number of rotatable bonds is 5. The van der Waals surface area contributed by atoms with Crippen LogP contribution in [0.25, 0.3) is 0 Å². The second kappa shape index (κ2) is 6.60. The van der Waals surface area contributed by atoms with Crippen LogP contribution in [0.1, 0.15) is 32.8 Å². The molecule has 0 aliphatic carbocycles. The highest BCUT2D eigenvalue weighted by atomic mass is 79.9. The zero-order chi connectivity index (χ0) is 13.0. The zero-order valence-corrected chi connectivity index (χ0v) is 13.2. The molecule has 1 aromatic heterocycles. The minimum Gasteiger partial charge on any atom is -0.357 e. The SMILES string of the molecule is CC(C)CC(C)N(C)c1ncc(Br)cc1CCl. The Morgan fingerprint density at radius 1 is 1.41 bits per heavy atom. The van der Waals surface area contributed by atoms with Gasteiger partial charge in [0.1, 0.15) is 5.82 Å². The minimum absolute atomic E-state index is 0.464. The molecule has 0 N–H and O–H groups in total. The summed E-state index contributed by atoms with van der Waals surface area (Å²) in [7, 11) is 2.08. The van der Waals surface area contributed by atoms with Crippen LogP contribution in [0.15, 0.2) is 16.7 Å². The van der Waals surface area contributed by atoms with E-state index in [4.69, 9.17) is 11.6 Å². The van der Waals surface area contributed by atoms with Gasteiger partial charge in [0.05, 0.1) is 5.88 Å². The van der Waals surface area contributed by atoms with Crippen LogP contribution in [0.2, 0.25) is 0 Å². The molecule has 0 saturated heterocycles. The van der Waals surface area contributed by atoms with Crippen LogP contribution >= 0.6 is 27.5 Å². The Balaban J connectivity index is 2.91. The van der Waals surface area contributed by atoms with Crippen LogP contribution in [0, 0.1) is 5.92 Å². The van der Waals surface area contributed by atoms with Crippen molar-refractivity contribution in [2.75, 3.05) is 11.9 Å². The van der Waals surface area contributed by atoms with Gasteiger partial charge in [-0.05, 0) is 41.3 Å². The maximum Gasteiger partial charge on any atom is 0.132 e. The fourth-order valence-corrected chi connectivity index (χ4v) is 2.51. The molecule has 0 fully saturated rings. The first-order valence-electron chi connectivity index (χ1n) is 5.89. The number of hydrogen-bond acceptors (Lipinski definition) is 2. The smallest absolute Gasteiger partial charge is 0.132 e. The molecule has 0 amide bonds. The lowest BCUT2D eigenvalue weighted by Crippen LogP contribution is -2.31. The molecule has 0 bridgehead atoms. The van der Waals surface area contributed by atoms with Gasteiger partial charge in [-0.3, -0.25) is 0 Å². The van der Waals surface area contributed by atoms with E-state index >= 15 is 0 Å². The Morgan fingerprint density at radius 2 is 2.06 bits per heavy atom. The van der Waals surface area contributed by atoms with Crippen LogP contribution in [0.4, 0.5) is 5.82 Å². The number of pyridine rings is 1. The second-order valence-electron chi connectivity index (χ2n) is 4.86. The molecule has 1 heterocycles. The number of nitrogens with zero attached hydrogens (tertiary/aromatic N) is 2. The first kappa shape index (κ1) is 14.8. The Kier molecular flexibility index (Phi) is 5.74. The summed E-state index contributed by atoms with van der Waals surface area (Å²) in [4.78, 5) is 6.68. The van der Waals surface area contributed by atoms with Gasteiger partial charge in [-0.15, -0.1) is 11.6 Å². The molecule has 0 aliphatic rings. The second-order valence-corrected chi connectivity index (χ2v) is 6.04. The third-order valence-electron chi connectivity index (χ3n) is 2.86. The molecule has 96 valence electrons. The summed E-state index contributed by atoms with van der Waals surface area (Å²) in [6, 6.07) is 2.50. The molecule has 1 atom stereocenters. The van der Waals surface area contributed by atoms with Gasteiger partial charge in [0.15, 0.2) is 0 Å². The molecule has 2 nitrogen and oxygen atoms in total. The van der Waals surface area contributed by atoms with Crippen molar-refractivity contribution in [1.82, 2.24) is 4.98 Å². The van der Waals surface area contributed by atoms with Crippen LogP contribution in [0.5, 0.6) is 0 Å². The topological polar surface area (TPSA) is 16.1 Å². The van der Waals surface area contributed by atoms with Crippen LogP contribution in [-0.4, -0.2) is 18.1 Å². The van der Waals surface area contributed by atoms with Crippen LogP contribution in [0.3, 0.4) is 0 Å². The van der Waals surface area contributed by atoms with Crippen molar-refractivity contribution in [3.8, 4) is 0 Å². The molecule has 0 spiro atoms. The molecular weight excluding hydrogens is 300 g/mol. The van der Waals surface area contributed by atoms with Gasteiger partial charge >= 0.3 is 0 Å². The van der Waals surface area contributed by atoms with E-state index in [0.717, 1.165) is 22.3 Å². The Hall–Kier alpha value is -0.280. The summed E-state index contributed by atoms with van der Waals surface area (Å²) in [6.45, 7) is 6.70. The highest BCUT2D eigenvalue weighted by molar-refractivity contribution is 9.10. The van der Waals surface area contributed by atoms with Crippen molar-refractivity contribution in [2.24, 2.45) is 5.92 Å². The summed E-state index contributed by atoms with van der Waals surface area (Å²) in [5.41, 5.74) is 1.07. The van der Waals surface area contributed by atoms with E-state index in [1.54, 1.807) is 0 Å². The summed E-state index contributed by atoms with van der Waals surface area (Å²) < 4.78 is 0.974. The summed E-state index contributed by atoms with van der Waals surface area (Å²) in [5, 5.41) is 0. The average Bonchev–Trinajstić information content (AvgIpc) is 2.27. The van der Waals surface area contributed by atoms with Crippen molar-refractivity contribution in [3.63, 3.8) is 0 Å². The molecular formula is C13H20BrClN2. The molecule has 1 unspecified atom stereocenters. The summed E-state index contributed by atoms with van der Waals surface area (Å²) in [6.07, 6.45) is 2.97. The predicted molar refractivity (Wildman–Crippen MR) is 78.8 cm³/mol. The molecule has 0 aliphatic heterocycles. The first-order chi connectivity index (χ1) is 7.95. The standard InChI is InChI=1S/C13H20BrClN2/c1-9(2)5-10(3)17(4)13-11(7-15)6-12(14)8-16-13/h6,8-10H,5,7H2,1-4H3. The normalized spacial score (nSPS) is 12.9. The molecule has 17 heavy (non-hydrogen) atoms. The van der Waals surface area contributed by atoms with Crippen molar-refractivity contribution in [1.29, 1.82) is 0 Å². The van der Waals surface area contributed by atoms with Gasteiger partial charge < -0.3 is 4.90 Å². The highest BCUT2D eigenvalue weighted by Crippen LogP contribution is 2.25. The molecule has 0 saturated carbocycles. The van der Waals surface area contributed by atoms with E-state index in [2.05, 4.69) is 53.6 Å². The van der Waals surface area contributed by atoms with Crippen molar-refractivity contribution in [2.45, 2.75) is 39.1 Å². The van der Waals surface area contributed by atoms with Crippen molar-refractivity contribution >= 4 is 33.3 Å². The molecule has 4 heteroatoms. The van der Waals surface area contributed by atoms with Gasteiger partial charge in [-0.2, -0.15) is 0 Å². The Bertz CT molecular complexity index is 368. The quantitative estimate of drug-likeness (QED) is 0.745. The number of hydrogen-bond donors (Lipinski definition) is 0. The van der Waals surface area contributed by atoms with Gasteiger partial charge in [0.25, 0.3) is 0 Å². The largest absolute Gasteiger partial charge is 0.357 e. The zero-order valence-electron chi connectivity index (χ0n) is 10.9. The van der Waals surface area contributed by atoms with Crippen LogP contribution in [-0.2, 0) is 5.88 Å². The molecule has 1 rings (SSSR count). The van der Waals surface area contributed by atoms with Crippen LogP contribution < -0.4 is 4.90 Å². The third-order valence-corrected chi connectivity index (χ3v) is 3.58. The first-order valence-corrected chi connectivity index (χ1v) is 7.21. The molecule has 0 aromatic carbocycles. The fourth-order valence-electron chi connectivity index (χ4n) is 1.94. The average molecular weight is 320 g/mol. The fraction of sp³-hybridized carbons (Fsp3) is 0.615. The minimum atomic E-state index is 0.464. The molecule has 0 radical (unpaired) electrons. The lowest BCUT2D eigenvalue weighted by atomic mass is 10.0. The maximum atomic E-state index is 5.97. The van der Waals surface area contributed by atoms with E-state index in [1.165, 1.54) is 0 Å². The number of alkyl halides is 1. The van der Waals surface area contributed by atoms with Crippen molar-refractivity contribution in [3.05, 3.63) is 22.3 Å². The lowest BCUT2D eigenvalue weighted by molar-refractivity contribution is 0.501.